The van der Waals surface area contributed by atoms with Crippen molar-refractivity contribution < 1.29 is 5.11 Å². The molecule has 0 saturated carbocycles. The highest BCUT2D eigenvalue weighted by atomic mass is 16.3. The summed E-state index contributed by atoms with van der Waals surface area (Å²) in [5.41, 5.74) is 0.639. The third-order valence-electron chi connectivity index (χ3n) is 3.73. The normalized spacial score (nSPS) is 29.4. The maximum absolute atomic E-state index is 9.11. The van der Waals surface area contributed by atoms with Crippen molar-refractivity contribution >= 4 is 5.82 Å². The van der Waals surface area contributed by atoms with Crippen molar-refractivity contribution in [1.82, 2.24) is 9.97 Å². The number of piperidine rings is 1. The zero-order valence-corrected chi connectivity index (χ0v) is 10.8. The van der Waals surface area contributed by atoms with Gasteiger partial charge in [-0.05, 0) is 25.2 Å². The average molecular weight is 235 g/mol. The maximum Gasteiger partial charge on any atom is 0.147 e. The van der Waals surface area contributed by atoms with E-state index in [4.69, 9.17) is 5.11 Å². The molecule has 1 fully saturated rings. The molecule has 1 aliphatic rings. The van der Waals surface area contributed by atoms with E-state index in [1.807, 2.05) is 0 Å². The molecule has 0 bridgehead atoms. The molecule has 94 valence electrons. The highest BCUT2D eigenvalue weighted by molar-refractivity contribution is 5.38. The lowest BCUT2D eigenvalue weighted by Gasteiger charge is -2.41. The molecule has 17 heavy (non-hydrogen) atoms. The van der Waals surface area contributed by atoms with E-state index >= 15 is 0 Å². The van der Waals surface area contributed by atoms with Crippen LogP contribution in [0.15, 0.2) is 12.4 Å². The number of anilines is 1. The number of aliphatic hydroxyl groups is 1. The molecule has 0 radical (unpaired) electrons. The van der Waals surface area contributed by atoms with Gasteiger partial charge in [-0.2, -0.15) is 0 Å². The summed E-state index contributed by atoms with van der Waals surface area (Å²) in [6, 6.07) is 0.481. The predicted octanol–water partition coefficient (Wildman–Crippen LogP) is 1.84. The van der Waals surface area contributed by atoms with Crippen molar-refractivity contribution in [3.05, 3.63) is 18.1 Å². The van der Waals surface area contributed by atoms with E-state index in [2.05, 4.69) is 35.6 Å². The molecule has 0 spiro atoms. The third kappa shape index (κ3) is 2.57. The SMILES string of the molecule is CC1CC(C)C(C)N(c2cncc(CO)n2)C1. The molecule has 1 aromatic rings. The molecule has 4 nitrogen and oxygen atoms in total. The van der Waals surface area contributed by atoms with Crippen molar-refractivity contribution in [2.75, 3.05) is 11.4 Å². The Balaban J connectivity index is 2.24. The molecule has 0 aromatic carbocycles. The van der Waals surface area contributed by atoms with Crippen LogP contribution in [0.2, 0.25) is 0 Å². The van der Waals surface area contributed by atoms with E-state index in [-0.39, 0.29) is 6.61 Å². The van der Waals surface area contributed by atoms with Crippen LogP contribution in [0.4, 0.5) is 5.82 Å². The van der Waals surface area contributed by atoms with Gasteiger partial charge in [-0.3, -0.25) is 4.98 Å². The summed E-state index contributed by atoms with van der Waals surface area (Å²) in [5.74, 6) is 2.24. The summed E-state index contributed by atoms with van der Waals surface area (Å²) in [4.78, 5) is 10.9. The zero-order chi connectivity index (χ0) is 12.4. The van der Waals surface area contributed by atoms with Crippen LogP contribution in [-0.2, 0) is 6.61 Å². The fraction of sp³-hybridized carbons (Fsp3) is 0.692. The Morgan fingerprint density at radius 3 is 2.82 bits per heavy atom. The standard InChI is InChI=1S/C13H21N3O/c1-9-4-10(2)11(3)16(7-9)13-6-14-5-12(8-17)15-13/h5-6,9-11,17H,4,7-8H2,1-3H3. The van der Waals surface area contributed by atoms with E-state index in [1.54, 1.807) is 12.4 Å². The molecule has 4 heteroatoms. The maximum atomic E-state index is 9.11. The number of aliphatic hydroxyl groups excluding tert-OH is 1. The highest BCUT2D eigenvalue weighted by Crippen LogP contribution is 2.29. The fourth-order valence-electron chi connectivity index (χ4n) is 2.63. The van der Waals surface area contributed by atoms with Crippen LogP contribution >= 0.6 is 0 Å². The zero-order valence-electron chi connectivity index (χ0n) is 10.8. The highest BCUT2D eigenvalue weighted by Gasteiger charge is 2.29. The van der Waals surface area contributed by atoms with Crippen LogP contribution in [0.1, 0.15) is 32.9 Å². The Hall–Kier alpha value is -1.16. The lowest BCUT2D eigenvalue weighted by Crippen LogP contribution is -2.46. The van der Waals surface area contributed by atoms with Crippen molar-refractivity contribution in [3.8, 4) is 0 Å². The first-order valence-electron chi connectivity index (χ1n) is 6.30. The Morgan fingerprint density at radius 2 is 2.12 bits per heavy atom. The van der Waals surface area contributed by atoms with Gasteiger partial charge in [0.1, 0.15) is 5.82 Å². The molecule has 0 amide bonds. The van der Waals surface area contributed by atoms with Crippen molar-refractivity contribution in [3.63, 3.8) is 0 Å². The molecule has 3 atom stereocenters. The van der Waals surface area contributed by atoms with Crippen molar-refractivity contribution in [1.29, 1.82) is 0 Å². The summed E-state index contributed by atoms with van der Waals surface area (Å²) in [7, 11) is 0. The van der Waals surface area contributed by atoms with Gasteiger partial charge in [0.15, 0.2) is 0 Å². The first-order chi connectivity index (χ1) is 8.11. The van der Waals surface area contributed by atoms with E-state index < -0.39 is 0 Å². The Kier molecular flexibility index (Phi) is 3.62. The minimum Gasteiger partial charge on any atom is -0.390 e. The monoisotopic (exact) mass is 235 g/mol. The van der Waals surface area contributed by atoms with Gasteiger partial charge in [-0.1, -0.05) is 13.8 Å². The van der Waals surface area contributed by atoms with E-state index in [0.717, 1.165) is 12.4 Å². The van der Waals surface area contributed by atoms with Crippen LogP contribution in [0.5, 0.6) is 0 Å². The molecule has 2 rings (SSSR count). The topological polar surface area (TPSA) is 49.2 Å². The van der Waals surface area contributed by atoms with Crippen molar-refractivity contribution in [2.45, 2.75) is 39.8 Å². The minimum atomic E-state index is -0.0475. The molecular formula is C13H21N3O. The van der Waals surface area contributed by atoms with E-state index in [9.17, 15) is 0 Å². The second kappa shape index (κ2) is 5.00. The molecule has 1 aromatic heterocycles. The fourth-order valence-corrected chi connectivity index (χ4v) is 2.63. The Morgan fingerprint density at radius 1 is 1.35 bits per heavy atom. The van der Waals surface area contributed by atoms with Gasteiger partial charge < -0.3 is 10.0 Å². The van der Waals surface area contributed by atoms with Gasteiger partial charge in [-0.25, -0.2) is 4.98 Å². The first kappa shape index (κ1) is 12.3. The summed E-state index contributed by atoms with van der Waals surface area (Å²) < 4.78 is 0. The minimum absolute atomic E-state index is 0.0475. The molecule has 1 aliphatic heterocycles. The molecule has 3 unspecified atom stereocenters. The van der Waals surface area contributed by atoms with E-state index in [1.165, 1.54) is 6.42 Å². The molecule has 0 aliphatic carbocycles. The number of hydrogen-bond donors (Lipinski definition) is 1. The summed E-state index contributed by atoms with van der Waals surface area (Å²) >= 11 is 0. The second-order valence-corrected chi connectivity index (χ2v) is 5.24. The van der Waals surface area contributed by atoms with Gasteiger partial charge in [0, 0.05) is 12.6 Å². The largest absolute Gasteiger partial charge is 0.390 e. The summed E-state index contributed by atoms with van der Waals surface area (Å²) in [6.45, 7) is 7.78. The Labute approximate surface area is 103 Å². The molecule has 1 N–H and O–H groups in total. The van der Waals surface area contributed by atoms with Crippen molar-refractivity contribution in [2.24, 2.45) is 11.8 Å². The number of hydrogen-bond acceptors (Lipinski definition) is 4. The van der Waals surface area contributed by atoms with Gasteiger partial charge in [0.25, 0.3) is 0 Å². The lowest BCUT2D eigenvalue weighted by atomic mass is 9.86. The number of nitrogens with zero attached hydrogens (tertiary/aromatic N) is 3. The lowest BCUT2D eigenvalue weighted by molar-refractivity contribution is 0.274. The third-order valence-corrected chi connectivity index (χ3v) is 3.73. The average Bonchev–Trinajstić information content (AvgIpc) is 2.34. The predicted molar refractivity (Wildman–Crippen MR) is 67.7 cm³/mol. The van der Waals surface area contributed by atoms with E-state index in [0.29, 0.717) is 23.6 Å². The summed E-state index contributed by atoms with van der Waals surface area (Å²) in [6.07, 6.45) is 4.68. The number of rotatable bonds is 2. The van der Waals surface area contributed by atoms with Crippen LogP contribution in [0, 0.1) is 11.8 Å². The molecule has 1 saturated heterocycles. The van der Waals surface area contributed by atoms with Gasteiger partial charge in [-0.15, -0.1) is 0 Å². The number of aromatic nitrogens is 2. The molecule has 2 heterocycles. The van der Waals surface area contributed by atoms with Crippen LogP contribution in [0.3, 0.4) is 0 Å². The second-order valence-electron chi connectivity index (χ2n) is 5.24. The molecular weight excluding hydrogens is 214 g/mol. The van der Waals surface area contributed by atoms with Crippen LogP contribution in [0.25, 0.3) is 0 Å². The summed E-state index contributed by atoms with van der Waals surface area (Å²) in [5, 5.41) is 9.11. The Bertz CT molecular complexity index is 383. The van der Waals surface area contributed by atoms with Gasteiger partial charge >= 0.3 is 0 Å². The van der Waals surface area contributed by atoms with Gasteiger partial charge in [0.05, 0.1) is 24.7 Å². The smallest absolute Gasteiger partial charge is 0.147 e. The van der Waals surface area contributed by atoms with Crippen LogP contribution in [-0.4, -0.2) is 27.7 Å². The van der Waals surface area contributed by atoms with Crippen LogP contribution < -0.4 is 4.90 Å². The first-order valence-corrected chi connectivity index (χ1v) is 6.30. The van der Waals surface area contributed by atoms with Gasteiger partial charge in [0.2, 0.25) is 0 Å². The quantitative estimate of drug-likeness (QED) is 0.849.